The van der Waals surface area contributed by atoms with Gasteiger partial charge in [-0.25, -0.2) is 4.98 Å². The van der Waals surface area contributed by atoms with Crippen LogP contribution in [0.25, 0.3) is 0 Å². The molecule has 0 unspecified atom stereocenters. The molecule has 1 fully saturated rings. The highest BCUT2D eigenvalue weighted by Crippen LogP contribution is 2.10. The average molecular weight is 368 g/mol. The van der Waals surface area contributed by atoms with Gasteiger partial charge in [0.05, 0.1) is 19.3 Å². The number of ether oxygens (including phenoxy) is 1. The van der Waals surface area contributed by atoms with Crippen molar-refractivity contribution in [2.75, 3.05) is 45.9 Å². The summed E-state index contributed by atoms with van der Waals surface area (Å²) in [4.78, 5) is 20.8. The number of aliphatic hydroxyl groups excluding tert-OH is 1. The number of aliphatic hydroxyl groups is 1. The molecule has 1 saturated heterocycles. The SMILES string of the molecule is CCOC[C@@H](O)CN1CCN(Cc2nc(C(=O)N[C@H](C)CC)co2)CC1. The van der Waals surface area contributed by atoms with Crippen LogP contribution in [0.5, 0.6) is 0 Å². The van der Waals surface area contributed by atoms with Crippen LogP contribution in [-0.2, 0) is 11.3 Å². The average Bonchev–Trinajstić information content (AvgIpc) is 3.10. The molecule has 0 spiro atoms. The zero-order chi connectivity index (χ0) is 18.9. The number of hydrogen-bond acceptors (Lipinski definition) is 7. The molecule has 0 radical (unpaired) electrons. The summed E-state index contributed by atoms with van der Waals surface area (Å²) in [5.74, 6) is 0.367. The van der Waals surface area contributed by atoms with E-state index in [-0.39, 0.29) is 11.9 Å². The number of nitrogens with zero attached hydrogens (tertiary/aromatic N) is 3. The lowest BCUT2D eigenvalue weighted by Crippen LogP contribution is -2.48. The molecule has 1 aliphatic rings. The molecule has 0 aromatic carbocycles. The summed E-state index contributed by atoms with van der Waals surface area (Å²) in [6, 6.07) is 0.119. The Morgan fingerprint density at radius 1 is 1.35 bits per heavy atom. The molecule has 1 amide bonds. The highest BCUT2D eigenvalue weighted by Gasteiger charge is 2.21. The molecule has 1 aromatic rings. The largest absolute Gasteiger partial charge is 0.447 e. The Kier molecular flexibility index (Phi) is 8.50. The standard InChI is InChI=1S/C18H32N4O4/c1-4-14(3)19-18(24)16-13-26-17(20-16)11-22-8-6-21(7-9-22)10-15(23)12-25-5-2/h13-15,23H,4-12H2,1-3H3,(H,19,24)/t14-,15+/m1/s1. The van der Waals surface area contributed by atoms with E-state index in [0.717, 1.165) is 32.6 Å². The second-order valence-corrected chi connectivity index (χ2v) is 6.80. The third-order valence-corrected chi connectivity index (χ3v) is 4.58. The van der Waals surface area contributed by atoms with Gasteiger partial charge in [0.2, 0.25) is 5.89 Å². The first kappa shape index (κ1) is 20.8. The minimum Gasteiger partial charge on any atom is -0.447 e. The van der Waals surface area contributed by atoms with E-state index in [1.165, 1.54) is 6.26 Å². The van der Waals surface area contributed by atoms with Crippen LogP contribution in [0.2, 0.25) is 0 Å². The first-order chi connectivity index (χ1) is 12.5. The molecule has 8 heteroatoms. The van der Waals surface area contributed by atoms with E-state index < -0.39 is 6.10 Å². The Labute approximate surface area is 155 Å². The van der Waals surface area contributed by atoms with Gasteiger partial charge in [0.1, 0.15) is 6.26 Å². The fraction of sp³-hybridized carbons (Fsp3) is 0.778. The lowest BCUT2D eigenvalue weighted by molar-refractivity contribution is 0.00949. The maximum atomic E-state index is 12.1. The molecule has 2 heterocycles. The van der Waals surface area contributed by atoms with E-state index in [1.807, 2.05) is 20.8 Å². The van der Waals surface area contributed by atoms with Crippen LogP contribution < -0.4 is 5.32 Å². The molecule has 1 aromatic heterocycles. The predicted molar refractivity (Wildman–Crippen MR) is 97.9 cm³/mol. The Hall–Kier alpha value is -1.48. The molecule has 148 valence electrons. The number of nitrogens with one attached hydrogen (secondary N) is 1. The van der Waals surface area contributed by atoms with Gasteiger partial charge in [-0.3, -0.25) is 14.6 Å². The topological polar surface area (TPSA) is 91.1 Å². The summed E-state index contributed by atoms with van der Waals surface area (Å²) in [7, 11) is 0. The van der Waals surface area contributed by atoms with Crippen LogP contribution in [-0.4, -0.2) is 83.9 Å². The maximum Gasteiger partial charge on any atom is 0.273 e. The van der Waals surface area contributed by atoms with Gasteiger partial charge in [0.15, 0.2) is 5.69 Å². The van der Waals surface area contributed by atoms with Crippen LogP contribution in [0.3, 0.4) is 0 Å². The molecule has 0 aliphatic carbocycles. The molecule has 0 bridgehead atoms. The number of piperazine rings is 1. The number of oxazole rings is 1. The summed E-state index contributed by atoms with van der Waals surface area (Å²) < 4.78 is 10.7. The van der Waals surface area contributed by atoms with Crippen molar-refractivity contribution < 1.29 is 19.1 Å². The van der Waals surface area contributed by atoms with E-state index in [2.05, 4.69) is 20.1 Å². The van der Waals surface area contributed by atoms with Crippen LogP contribution in [0.1, 0.15) is 43.6 Å². The van der Waals surface area contributed by atoms with Gasteiger partial charge in [-0.15, -0.1) is 0 Å². The number of rotatable bonds is 10. The number of hydrogen-bond donors (Lipinski definition) is 2. The van der Waals surface area contributed by atoms with Crippen molar-refractivity contribution in [3.8, 4) is 0 Å². The Bertz CT molecular complexity index is 543. The van der Waals surface area contributed by atoms with Crippen molar-refractivity contribution in [2.24, 2.45) is 0 Å². The molecule has 0 saturated carbocycles. The van der Waals surface area contributed by atoms with Crippen LogP contribution >= 0.6 is 0 Å². The lowest BCUT2D eigenvalue weighted by Gasteiger charge is -2.34. The highest BCUT2D eigenvalue weighted by atomic mass is 16.5. The van der Waals surface area contributed by atoms with Crippen molar-refractivity contribution in [1.29, 1.82) is 0 Å². The van der Waals surface area contributed by atoms with E-state index in [1.54, 1.807) is 0 Å². The number of carbonyl (C=O) groups excluding carboxylic acids is 1. The maximum absolute atomic E-state index is 12.1. The minimum absolute atomic E-state index is 0.119. The second kappa shape index (κ2) is 10.6. The Morgan fingerprint density at radius 2 is 2.04 bits per heavy atom. The quantitative estimate of drug-likeness (QED) is 0.629. The summed E-state index contributed by atoms with van der Waals surface area (Å²) in [6.45, 7) is 11.6. The van der Waals surface area contributed by atoms with Crippen molar-refractivity contribution in [3.63, 3.8) is 0 Å². The van der Waals surface area contributed by atoms with E-state index >= 15 is 0 Å². The van der Waals surface area contributed by atoms with E-state index in [4.69, 9.17) is 9.15 Å². The molecule has 26 heavy (non-hydrogen) atoms. The first-order valence-electron chi connectivity index (χ1n) is 9.47. The van der Waals surface area contributed by atoms with E-state index in [9.17, 15) is 9.90 Å². The zero-order valence-electron chi connectivity index (χ0n) is 16.1. The fourth-order valence-electron chi connectivity index (χ4n) is 2.81. The van der Waals surface area contributed by atoms with E-state index in [0.29, 0.717) is 37.9 Å². The van der Waals surface area contributed by atoms with Crippen molar-refractivity contribution in [3.05, 3.63) is 17.8 Å². The van der Waals surface area contributed by atoms with Gasteiger partial charge in [0, 0.05) is 45.4 Å². The van der Waals surface area contributed by atoms with Crippen LogP contribution in [0, 0.1) is 0 Å². The van der Waals surface area contributed by atoms with Gasteiger partial charge in [-0.05, 0) is 20.3 Å². The number of amides is 1. The Morgan fingerprint density at radius 3 is 2.69 bits per heavy atom. The molecule has 1 aliphatic heterocycles. The third-order valence-electron chi connectivity index (χ3n) is 4.58. The van der Waals surface area contributed by atoms with Crippen molar-refractivity contribution in [1.82, 2.24) is 20.1 Å². The summed E-state index contributed by atoms with van der Waals surface area (Å²) in [5.41, 5.74) is 0.331. The molecular formula is C18H32N4O4. The number of carbonyl (C=O) groups is 1. The van der Waals surface area contributed by atoms with Gasteiger partial charge in [0.25, 0.3) is 5.91 Å². The van der Waals surface area contributed by atoms with Crippen molar-refractivity contribution >= 4 is 5.91 Å². The normalized spacial score (nSPS) is 18.6. The minimum atomic E-state index is -0.445. The fourth-order valence-corrected chi connectivity index (χ4v) is 2.81. The van der Waals surface area contributed by atoms with Gasteiger partial charge in [-0.1, -0.05) is 6.92 Å². The monoisotopic (exact) mass is 368 g/mol. The first-order valence-corrected chi connectivity index (χ1v) is 9.47. The number of β-amino-alcohol motifs (C(OH)–C–C–N with tert-alkyl or cyclic N) is 1. The Balaban J connectivity index is 1.73. The molecule has 2 rings (SSSR count). The zero-order valence-corrected chi connectivity index (χ0v) is 16.1. The van der Waals surface area contributed by atoms with Gasteiger partial charge >= 0.3 is 0 Å². The smallest absolute Gasteiger partial charge is 0.273 e. The van der Waals surface area contributed by atoms with Crippen LogP contribution in [0.15, 0.2) is 10.7 Å². The second-order valence-electron chi connectivity index (χ2n) is 6.80. The molecule has 2 atom stereocenters. The van der Waals surface area contributed by atoms with Gasteiger partial charge < -0.3 is 19.6 Å². The molecule has 2 N–H and O–H groups in total. The van der Waals surface area contributed by atoms with Crippen LogP contribution in [0.4, 0.5) is 0 Å². The molecular weight excluding hydrogens is 336 g/mol. The third kappa shape index (κ3) is 6.68. The summed E-state index contributed by atoms with van der Waals surface area (Å²) >= 11 is 0. The predicted octanol–water partition coefficient (Wildman–Crippen LogP) is 0.718. The summed E-state index contributed by atoms with van der Waals surface area (Å²) in [5, 5.41) is 12.8. The summed E-state index contributed by atoms with van der Waals surface area (Å²) in [6.07, 6.45) is 1.85. The molecule has 8 nitrogen and oxygen atoms in total. The lowest BCUT2D eigenvalue weighted by atomic mass is 10.2. The number of aromatic nitrogens is 1. The highest BCUT2D eigenvalue weighted by molar-refractivity contribution is 5.92. The van der Waals surface area contributed by atoms with Crippen molar-refractivity contribution in [2.45, 2.75) is 45.9 Å². The van der Waals surface area contributed by atoms with Gasteiger partial charge in [-0.2, -0.15) is 0 Å².